The van der Waals surface area contributed by atoms with Crippen LogP contribution in [0.3, 0.4) is 0 Å². The van der Waals surface area contributed by atoms with E-state index in [-0.39, 0.29) is 10.6 Å². The Morgan fingerprint density at radius 3 is 2.71 bits per heavy atom. The van der Waals surface area contributed by atoms with Crippen LogP contribution in [0.5, 0.6) is 0 Å². The molecular formula is C16H19N3O2. The number of fused-ring (bicyclic) bond motifs is 1. The van der Waals surface area contributed by atoms with E-state index in [2.05, 4.69) is 16.9 Å². The fourth-order valence-electron chi connectivity index (χ4n) is 3.25. The molecule has 0 bridgehead atoms. The summed E-state index contributed by atoms with van der Waals surface area (Å²) < 4.78 is 0. The summed E-state index contributed by atoms with van der Waals surface area (Å²) in [4.78, 5) is 17.5. The summed E-state index contributed by atoms with van der Waals surface area (Å²) in [7, 11) is 2.07. The maximum absolute atomic E-state index is 11.2. The maximum atomic E-state index is 11.2. The molecule has 0 unspecified atom stereocenters. The van der Waals surface area contributed by atoms with E-state index in [0.717, 1.165) is 11.2 Å². The lowest BCUT2D eigenvalue weighted by Gasteiger charge is -2.33. The van der Waals surface area contributed by atoms with Crippen LogP contribution < -0.4 is 4.90 Å². The molecule has 1 heterocycles. The topological polar surface area (TPSA) is 59.3 Å². The van der Waals surface area contributed by atoms with E-state index in [1.807, 2.05) is 6.07 Å². The Morgan fingerprint density at radius 2 is 2.00 bits per heavy atom. The first-order valence-corrected chi connectivity index (χ1v) is 7.43. The second-order valence-corrected chi connectivity index (χ2v) is 5.66. The monoisotopic (exact) mass is 285 g/mol. The minimum atomic E-state index is -0.339. The number of hydrogen-bond acceptors (Lipinski definition) is 4. The Hall–Kier alpha value is -2.17. The third-order valence-electron chi connectivity index (χ3n) is 4.42. The molecule has 1 aliphatic rings. The van der Waals surface area contributed by atoms with Gasteiger partial charge in [0.05, 0.1) is 16.0 Å². The van der Waals surface area contributed by atoms with Crippen LogP contribution in [-0.4, -0.2) is 23.0 Å². The molecule has 1 saturated carbocycles. The van der Waals surface area contributed by atoms with Crippen molar-refractivity contribution in [3.05, 3.63) is 40.6 Å². The van der Waals surface area contributed by atoms with Gasteiger partial charge in [-0.1, -0.05) is 19.3 Å². The molecule has 1 aliphatic carbocycles. The fraction of sp³-hybridized carbons (Fsp3) is 0.438. The van der Waals surface area contributed by atoms with E-state index in [1.54, 1.807) is 24.4 Å². The number of pyridine rings is 1. The smallest absolute Gasteiger partial charge is 0.278 e. The van der Waals surface area contributed by atoms with E-state index in [0.29, 0.717) is 11.4 Å². The van der Waals surface area contributed by atoms with Gasteiger partial charge in [0.1, 0.15) is 5.52 Å². The first-order chi connectivity index (χ1) is 10.2. The maximum Gasteiger partial charge on any atom is 0.278 e. The molecule has 1 aromatic heterocycles. The van der Waals surface area contributed by atoms with E-state index in [4.69, 9.17) is 0 Å². The van der Waals surface area contributed by atoms with Crippen molar-refractivity contribution in [3.8, 4) is 0 Å². The molecule has 0 spiro atoms. The SMILES string of the molecule is CN(c1ccc([N+](=O)[O-])c2cccnc12)C1CCCCC1. The quantitative estimate of drug-likeness (QED) is 0.633. The predicted octanol–water partition coefficient (Wildman–Crippen LogP) is 3.91. The van der Waals surface area contributed by atoms with Crippen molar-refractivity contribution in [1.29, 1.82) is 0 Å². The molecule has 0 aliphatic heterocycles. The van der Waals surface area contributed by atoms with E-state index < -0.39 is 0 Å². The molecule has 0 radical (unpaired) electrons. The van der Waals surface area contributed by atoms with Gasteiger partial charge in [0.2, 0.25) is 0 Å². The van der Waals surface area contributed by atoms with Gasteiger partial charge in [-0.2, -0.15) is 0 Å². The molecular weight excluding hydrogens is 266 g/mol. The predicted molar refractivity (Wildman–Crippen MR) is 83.7 cm³/mol. The Kier molecular flexibility index (Phi) is 3.73. The van der Waals surface area contributed by atoms with Crippen molar-refractivity contribution in [3.63, 3.8) is 0 Å². The van der Waals surface area contributed by atoms with Crippen molar-refractivity contribution in [2.45, 2.75) is 38.1 Å². The Labute approximate surface area is 123 Å². The Bertz CT molecular complexity index is 666. The summed E-state index contributed by atoms with van der Waals surface area (Å²) in [5.74, 6) is 0. The summed E-state index contributed by atoms with van der Waals surface area (Å²) >= 11 is 0. The van der Waals surface area contributed by atoms with E-state index in [1.165, 1.54) is 32.1 Å². The number of anilines is 1. The van der Waals surface area contributed by atoms with Gasteiger partial charge >= 0.3 is 0 Å². The third kappa shape index (κ3) is 2.55. The average Bonchev–Trinajstić information content (AvgIpc) is 2.54. The van der Waals surface area contributed by atoms with Crippen molar-refractivity contribution in [2.24, 2.45) is 0 Å². The summed E-state index contributed by atoms with van der Waals surface area (Å²) in [6, 6.07) is 7.46. The van der Waals surface area contributed by atoms with Crippen molar-refractivity contribution >= 4 is 22.3 Å². The lowest BCUT2D eigenvalue weighted by atomic mass is 9.94. The van der Waals surface area contributed by atoms with Crippen LogP contribution in [0.1, 0.15) is 32.1 Å². The molecule has 0 atom stereocenters. The molecule has 0 amide bonds. The highest BCUT2D eigenvalue weighted by molar-refractivity contribution is 5.97. The number of nitro benzene ring substituents is 1. The van der Waals surface area contributed by atoms with Crippen LogP contribution in [0.4, 0.5) is 11.4 Å². The zero-order valence-corrected chi connectivity index (χ0v) is 12.2. The largest absolute Gasteiger partial charge is 0.370 e. The molecule has 5 heteroatoms. The van der Waals surface area contributed by atoms with Gasteiger partial charge in [-0.25, -0.2) is 0 Å². The average molecular weight is 285 g/mol. The van der Waals surface area contributed by atoms with Gasteiger partial charge < -0.3 is 4.90 Å². The number of hydrogen-bond donors (Lipinski definition) is 0. The van der Waals surface area contributed by atoms with Crippen LogP contribution in [0.2, 0.25) is 0 Å². The van der Waals surface area contributed by atoms with Gasteiger partial charge in [-0.15, -0.1) is 0 Å². The molecule has 1 aromatic carbocycles. The highest BCUT2D eigenvalue weighted by Crippen LogP contribution is 2.34. The van der Waals surface area contributed by atoms with E-state index in [9.17, 15) is 10.1 Å². The number of nitro groups is 1. The number of nitrogens with zero attached hydrogens (tertiary/aromatic N) is 3. The van der Waals surface area contributed by atoms with E-state index >= 15 is 0 Å². The molecule has 5 nitrogen and oxygen atoms in total. The van der Waals surface area contributed by atoms with Crippen molar-refractivity contribution in [2.75, 3.05) is 11.9 Å². The first kappa shape index (κ1) is 13.8. The van der Waals surface area contributed by atoms with Crippen LogP contribution >= 0.6 is 0 Å². The third-order valence-corrected chi connectivity index (χ3v) is 4.42. The van der Waals surface area contributed by atoms with Crippen LogP contribution in [0.15, 0.2) is 30.5 Å². The summed E-state index contributed by atoms with van der Waals surface area (Å²) in [5.41, 5.74) is 1.83. The van der Waals surface area contributed by atoms with Crippen molar-refractivity contribution < 1.29 is 4.92 Å². The van der Waals surface area contributed by atoms with Crippen LogP contribution in [-0.2, 0) is 0 Å². The zero-order chi connectivity index (χ0) is 14.8. The standard InChI is InChI=1S/C16H19N3O2/c1-18(12-6-3-2-4-7-12)15-10-9-14(19(20)21)13-8-5-11-17-16(13)15/h5,8-12H,2-4,6-7H2,1H3. The molecule has 2 aromatic rings. The normalized spacial score (nSPS) is 16.0. The van der Waals surface area contributed by atoms with Gasteiger partial charge in [-0.3, -0.25) is 15.1 Å². The summed E-state index contributed by atoms with van der Waals surface area (Å²) in [6.45, 7) is 0. The van der Waals surface area contributed by atoms with Gasteiger partial charge in [0.25, 0.3) is 5.69 Å². The Morgan fingerprint density at radius 1 is 1.24 bits per heavy atom. The zero-order valence-electron chi connectivity index (χ0n) is 12.2. The number of rotatable bonds is 3. The minimum absolute atomic E-state index is 0.124. The molecule has 0 saturated heterocycles. The number of benzene rings is 1. The fourth-order valence-corrected chi connectivity index (χ4v) is 3.25. The first-order valence-electron chi connectivity index (χ1n) is 7.43. The number of aromatic nitrogens is 1. The highest BCUT2D eigenvalue weighted by Gasteiger charge is 2.22. The van der Waals surface area contributed by atoms with Gasteiger partial charge in [0, 0.05) is 25.4 Å². The summed E-state index contributed by atoms with van der Waals surface area (Å²) in [6.07, 6.45) is 7.89. The Balaban J connectivity index is 2.06. The van der Waals surface area contributed by atoms with Crippen LogP contribution in [0, 0.1) is 10.1 Å². The second-order valence-electron chi connectivity index (χ2n) is 5.66. The molecule has 1 fully saturated rings. The molecule has 3 rings (SSSR count). The van der Waals surface area contributed by atoms with Crippen LogP contribution in [0.25, 0.3) is 10.9 Å². The summed E-state index contributed by atoms with van der Waals surface area (Å²) in [5, 5.41) is 11.8. The minimum Gasteiger partial charge on any atom is -0.370 e. The van der Waals surface area contributed by atoms with Gasteiger partial charge in [0.15, 0.2) is 0 Å². The number of non-ortho nitro benzene ring substituents is 1. The van der Waals surface area contributed by atoms with Crippen molar-refractivity contribution in [1.82, 2.24) is 4.98 Å². The van der Waals surface area contributed by atoms with Gasteiger partial charge in [-0.05, 0) is 31.0 Å². The second kappa shape index (κ2) is 5.68. The highest BCUT2D eigenvalue weighted by atomic mass is 16.6. The molecule has 110 valence electrons. The lowest BCUT2D eigenvalue weighted by molar-refractivity contribution is -0.383. The molecule has 21 heavy (non-hydrogen) atoms. The molecule has 0 N–H and O–H groups in total. The lowest BCUT2D eigenvalue weighted by Crippen LogP contribution is -2.33.